The summed E-state index contributed by atoms with van der Waals surface area (Å²) in [6, 6.07) is 5.69. The van der Waals surface area contributed by atoms with Crippen molar-refractivity contribution in [2.45, 2.75) is 24.5 Å². The number of hydrogen-bond acceptors (Lipinski definition) is 6. The highest BCUT2D eigenvalue weighted by Gasteiger charge is 2.23. The minimum Gasteiger partial charge on any atom is -0.449 e. The number of carbonyl (C=O) groups excluding carboxylic acids is 2. The van der Waals surface area contributed by atoms with Gasteiger partial charge in [-0.05, 0) is 43.3 Å². The number of anilines is 1. The Labute approximate surface area is 173 Å². The van der Waals surface area contributed by atoms with Crippen LogP contribution in [-0.2, 0) is 19.6 Å². The number of alkyl halides is 2. The highest BCUT2D eigenvalue weighted by atomic mass is 35.5. The molecule has 0 bridgehead atoms. The van der Waals surface area contributed by atoms with Crippen molar-refractivity contribution < 1.29 is 40.7 Å². The fourth-order valence-corrected chi connectivity index (χ4v) is 2.89. The van der Waals surface area contributed by atoms with Crippen molar-refractivity contribution in [2.24, 2.45) is 5.14 Å². The number of benzene rings is 2. The number of rotatable bonds is 7. The van der Waals surface area contributed by atoms with Gasteiger partial charge in [-0.15, -0.1) is 0 Å². The molecule has 0 radical (unpaired) electrons. The molecule has 2 rings (SSSR count). The molecular formula is C17H14ClF3N2O6S. The monoisotopic (exact) mass is 466 g/mol. The summed E-state index contributed by atoms with van der Waals surface area (Å²) in [5.74, 6) is -3.56. The van der Waals surface area contributed by atoms with Crippen molar-refractivity contribution in [3.63, 3.8) is 0 Å². The van der Waals surface area contributed by atoms with Crippen LogP contribution < -0.4 is 15.2 Å². The Bertz CT molecular complexity index is 1080. The SMILES string of the molecule is CC(OC(=O)c1cc(S(N)(=O)=O)ccc1F)C(=O)Nc1ccc(OC(F)F)c(Cl)c1. The second-order valence-corrected chi connectivity index (χ2v) is 7.72. The molecule has 162 valence electrons. The van der Waals surface area contributed by atoms with Crippen LogP contribution in [0.1, 0.15) is 17.3 Å². The van der Waals surface area contributed by atoms with Gasteiger partial charge in [0.25, 0.3) is 5.91 Å². The summed E-state index contributed by atoms with van der Waals surface area (Å²) < 4.78 is 70.0. The molecule has 0 fully saturated rings. The highest BCUT2D eigenvalue weighted by Crippen LogP contribution is 2.29. The van der Waals surface area contributed by atoms with E-state index in [9.17, 15) is 31.2 Å². The number of ether oxygens (including phenoxy) is 2. The van der Waals surface area contributed by atoms with Crippen molar-refractivity contribution >= 4 is 39.2 Å². The van der Waals surface area contributed by atoms with Crippen molar-refractivity contribution in [3.05, 3.63) is 52.8 Å². The number of halogens is 4. The van der Waals surface area contributed by atoms with Gasteiger partial charge in [-0.3, -0.25) is 4.79 Å². The average Bonchev–Trinajstić information content (AvgIpc) is 2.62. The molecule has 8 nitrogen and oxygen atoms in total. The van der Waals surface area contributed by atoms with E-state index in [0.717, 1.165) is 18.2 Å². The molecule has 0 aliphatic rings. The van der Waals surface area contributed by atoms with Crippen LogP contribution in [-0.4, -0.2) is 33.0 Å². The first kappa shape index (κ1) is 23.4. The first-order chi connectivity index (χ1) is 13.9. The van der Waals surface area contributed by atoms with Gasteiger partial charge in [0.1, 0.15) is 11.6 Å². The zero-order valence-corrected chi connectivity index (χ0v) is 16.6. The highest BCUT2D eigenvalue weighted by molar-refractivity contribution is 7.89. The van der Waals surface area contributed by atoms with E-state index in [2.05, 4.69) is 10.1 Å². The van der Waals surface area contributed by atoms with Crippen molar-refractivity contribution in [2.75, 3.05) is 5.32 Å². The van der Waals surface area contributed by atoms with E-state index >= 15 is 0 Å². The lowest BCUT2D eigenvalue weighted by molar-refractivity contribution is -0.123. The van der Waals surface area contributed by atoms with Gasteiger partial charge in [-0.25, -0.2) is 22.7 Å². The molecule has 0 heterocycles. The number of sulfonamides is 1. The molecule has 0 aliphatic heterocycles. The number of nitrogens with two attached hydrogens (primary N) is 1. The third-order valence-electron chi connectivity index (χ3n) is 3.55. The van der Waals surface area contributed by atoms with Gasteiger partial charge in [0.05, 0.1) is 15.5 Å². The lowest BCUT2D eigenvalue weighted by Crippen LogP contribution is -2.30. The maximum absolute atomic E-state index is 13.9. The molecule has 2 aromatic rings. The molecule has 0 saturated carbocycles. The Kier molecular flexibility index (Phi) is 7.29. The van der Waals surface area contributed by atoms with Gasteiger partial charge in [0, 0.05) is 5.69 Å². The van der Waals surface area contributed by atoms with Crippen LogP contribution in [0.4, 0.5) is 18.9 Å². The summed E-state index contributed by atoms with van der Waals surface area (Å²) in [6.45, 7) is -1.92. The summed E-state index contributed by atoms with van der Waals surface area (Å²) in [5.41, 5.74) is -0.658. The number of hydrogen-bond donors (Lipinski definition) is 2. The first-order valence-electron chi connectivity index (χ1n) is 7.97. The molecular weight excluding hydrogens is 453 g/mol. The minimum atomic E-state index is -4.20. The molecule has 0 saturated heterocycles. The molecule has 1 atom stereocenters. The smallest absolute Gasteiger partial charge is 0.387 e. The van der Waals surface area contributed by atoms with Crippen LogP contribution in [0, 0.1) is 5.82 Å². The van der Waals surface area contributed by atoms with Crippen LogP contribution in [0.2, 0.25) is 5.02 Å². The molecule has 1 amide bonds. The van der Waals surface area contributed by atoms with Crippen molar-refractivity contribution in [1.29, 1.82) is 0 Å². The average molecular weight is 467 g/mol. The topological polar surface area (TPSA) is 125 Å². The Balaban J connectivity index is 2.09. The Morgan fingerprint density at radius 2 is 1.83 bits per heavy atom. The van der Waals surface area contributed by atoms with E-state index in [0.29, 0.717) is 12.1 Å². The lowest BCUT2D eigenvalue weighted by atomic mass is 10.2. The molecule has 13 heteroatoms. The number of nitrogens with one attached hydrogen (secondary N) is 1. The third-order valence-corrected chi connectivity index (χ3v) is 4.76. The zero-order chi connectivity index (χ0) is 22.6. The Morgan fingerprint density at radius 3 is 2.40 bits per heavy atom. The maximum atomic E-state index is 13.9. The molecule has 0 aromatic heterocycles. The van der Waals surface area contributed by atoms with Crippen molar-refractivity contribution in [3.8, 4) is 5.75 Å². The second kappa shape index (κ2) is 9.32. The van der Waals surface area contributed by atoms with E-state index in [1.165, 1.54) is 13.0 Å². The fraction of sp³-hybridized carbons (Fsp3) is 0.176. The number of carbonyl (C=O) groups is 2. The maximum Gasteiger partial charge on any atom is 0.387 e. The quantitative estimate of drug-likeness (QED) is 0.604. The zero-order valence-electron chi connectivity index (χ0n) is 15.1. The third kappa shape index (κ3) is 6.08. The summed E-state index contributed by atoms with van der Waals surface area (Å²) in [5, 5.41) is 7.04. The number of amides is 1. The van der Waals surface area contributed by atoms with E-state index in [1.54, 1.807) is 0 Å². The van der Waals surface area contributed by atoms with Gasteiger partial charge in [-0.1, -0.05) is 11.6 Å². The Hall–Kier alpha value is -2.83. The van der Waals surface area contributed by atoms with Gasteiger partial charge >= 0.3 is 12.6 Å². The second-order valence-electron chi connectivity index (χ2n) is 5.75. The molecule has 0 aliphatic carbocycles. The van der Waals surface area contributed by atoms with Crippen molar-refractivity contribution in [1.82, 2.24) is 0 Å². The first-order valence-corrected chi connectivity index (χ1v) is 9.89. The molecule has 0 spiro atoms. The summed E-state index contributed by atoms with van der Waals surface area (Å²) in [7, 11) is -4.20. The predicted octanol–water partition coefficient (Wildman–Crippen LogP) is 2.91. The van der Waals surface area contributed by atoms with Gasteiger partial charge in [0.2, 0.25) is 10.0 Å². The van der Waals surface area contributed by atoms with Gasteiger partial charge < -0.3 is 14.8 Å². The summed E-state index contributed by atoms with van der Waals surface area (Å²) >= 11 is 5.77. The van der Waals surface area contributed by atoms with Crippen LogP contribution in [0.15, 0.2) is 41.3 Å². The number of primary sulfonamides is 1. The normalized spacial score (nSPS) is 12.4. The molecule has 3 N–H and O–H groups in total. The van der Waals surface area contributed by atoms with Crippen LogP contribution >= 0.6 is 11.6 Å². The molecule has 1 unspecified atom stereocenters. The van der Waals surface area contributed by atoms with Crippen LogP contribution in [0.25, 0.3) is 0 Å². The molecule has 2 aromatic carbocycles. The Morgan fingerprint density at radius 1 is 1.17 bits per heavy atom. The van der Waals surface area contributed by atoms with E-state index in [1.807, 2.05) is 0 Å². The van der Waals surface area contributed by atoms with Gasteiger partial charge in [0.15, 0.2) is 6.10 Å². The lowest BCUT2D eigenvalue weighted by Gasteiger charge is -2.15. The summed E-state index contributed by atoms with van der Waals surface area (Å²) in [4.78, 5) is 23.8. The summed E-state index contributed by atoms with van der Waals surface area (Å²) in [6.07, 6.45) is -1.44. The minimum absolute atomic E-state index is 0.0805. The van der Waals surface area contributed by atoms with Gasteiger partial charge in [-0.2, -0.15) is 8.78 Å². The molecule has 30 heavy (non-hydrogen) atoms. The largest absolute Gasteiger partial charge is 0.449 e. The standard InChI is InChI=1S/C17H14ClF3N2O6S/c1-8(15(24)23-9-2-5-14(12(18)6-9)29-17(20)21)28-16(25)11-7-10(30(22,26)27)3-4-13(11)19/h2-8,17H,1H3,(H,23,24)(H2,22,26,27). The van der Waals surface area contributed by atoms with Crippen LogP contribution in [0.5, 0.6) is 5.75 Å². The van der Waals surface area contributed by atoms with Crippen LogP contribution in [0.3, 0.4) is 0 Å². The van der Waals surface area contributed by atoms with E-state index < -0.39 is 50.9 Å². The predicted molar refractivity (Wildman–Crippen MR) is 99.4 cm³/mol. The van der Waals surface area contributed by atoms with E-state index in [4.69, 9.17) is 21.5 Å². The number of esters is 1. The van der Waals surface area contributed by atoms with E-state index in [-0.39, 0.29) is 16.5 Å². The fourth-order valence-electron chi connectivity index (χ4n) is 2.13.